The SMILES string of the molecule is C=CCn1c(C)cc(C(=O)CSc2nc3sc4c(c3c(=O)n2CC=C)CCCCC4)c1C. The maximum Gasteiger partial charge on any atom is 0.263 e. The minimum Gasteiger partial charge on any atom is -0.345 e. The molecule has 1 aliphatic rings. The number of ketones is 1. The second kappa shape index (κ2) is 9.63. The number of aromatic nitrogens is 3. The largest absolute Gasteiger partial charge is 0.345 e. The quantitative estimate of drug-likeness (QED) is 0.144. The average molecular weight is 468 g/mol. The number of thioether (sulfide) groups is 1. The van der Waals surface area contributed by atoms with Crippen LogP contribution in [0.1, 0.15) is 51.4 Å². The number of hydrogen-bond donors (Lipinski definition) is 0. The van der Waals surface area contributed by atoms with Crippen molar-refractivity contribution in [2.24, 2.45) is 0 Å². The highest BCUT2D eigenvalue weighted by Gasteiger charge is 2.22. The van der Waals surface area contributed by atoms with Crippen LogP contribution >= 0.6 is 23.1 Å². The van der Waals surface area contributed by atoms with Gasteiger partial charge in [0, 0.05) is 34.9 Å². The van der Waals surface area contributed by atoms with Gasteiger partial charge in [0.25, 0.3) is 5.56 Å². The van der Waals surface area contributed by atoms with Crippen LogP contribution in [0, 0.1) is 13.8 Å². The lowest BCUT2D eigenvalue weighted by Gasteiger charge is -2.10. The van der Waals surface area contributed by atoms with Crippen molar-refractivity contribution in [2.75, 3.05) is 5.75 Å². The highest BCUT2D eigenvalue weighted by molar-refractivity contribution is 7.99. The van der Waals surface area contributed by atoms with E-state index in [4.69, 9.17) is 4.98 Å². The number of thiophene rings is 1. The zero-order valence-electron chi connectivity index (χ0n) is 18.8. The smallest absolute Gasteiger partial charge is 0.263 e. The summed E-state index contributed by atoms with van der Waals surface area (Å²) < 4.78 is 3.76. The molecular weight excluding hydrogens is 438 g/mol. The van der Waals surface area contributed by atoms with Gasteiger partial charge in [-0.1, -0.05) is 30.3 Å². The number of rotatable bonds is 8. The van der Waals surface area contributed by atoms with Gasteiger partial charge in [0.15, 0.2) is 10.9 Å². The Bertz CT molecular complexity index is 1260. The fourth-order valence-electron chi connectivity index (χ4n) is 4.50. The van der Waals surface area contributed by atoms with E-state index in [1.54, 1.807) is 22.0 Å². The molecule has 0 saturated carbocycles. The van der Waals surface area contributed by atoms with Crippen molar-refractivity contribution in [3.8, 4) is 0 Å². The van der Waals surface area contributed by atoms with Crippen molar-refractivity contribution in [2.45, 2.75) is 64.2 Å². The van der Waals surface area contributed by atoms with Crippen molar-refractivity contribution in [3.63, 3.8) is 0 Å². The summed E-state index contributed by atoms with van der Waals surface area (Å²) in [6, 6.07) is 1.94. The van der Waals surface area contributed by atoms with Crippen LogP contribution in [0.25, 0.3) is 10.2 Å². The molecule has 3 heterocycles. The molecule has 0 atom stereocenters. The monoisotopic (exact) mass is 467 g/mol. The number of nitrogens with zero attached hydrogens (tertiary/aromatic N) is 3. The van der Waals surface area contributed by atoms with E-state index < -0.39 is 0 Å². The highest BCUT2D eigenvalue weighted by Crippen LogP contribution is 2.34. The minimum atomic E-state index is -0.00610. The fourth-order valence-corrected chi connectivity index (χ4v) is 6.69. The number of aryl methyl sites for hydroxylation is 3. The van der Waals surface area contributed by atoms with Crippen LogP contribution < -0.4 is 5.56 Å². The van der Waals surface area contributed by atoms with Crippen LogP contribution in [-0.2, 0) is 25.9 Å². The Hall–Kier alpha value is -2.38. The average Bonchev–Trinajstić information content (AvgIpc) is 3.15. The normalized spacial score (nSPS) is 13.7. The molecule has 0 unspecified atom stereocenters. The third-order valence-corrected chi connectivity index (χ3v) is 8.28. The summed E-state index contributed by atoms with van der Waals surface area (Å²) in [6.07, 6.45) is 9.02. The van der Waals surface area contributed by atoms with Gasteiger partial charge in [-0.25, -0.2) is 4.98 Å². The maximum absolute atomic E-state index is 13.4. The lowest BCUT2D eigenvalue weighted by molar-refractivity contribution is 0.102. The van der Waals surface area contributed by atoms with Gasteiger partial charge in [-0.05, 0) is 51.2 Å². The minimum absolute atomic E-state index is 0.00610. The number of carbonyl (C=O) groups excluding carboxylic acids is 1. The molecule has 0 spiro atoms. The predicted molar refractivity (Wildman–Crippen MR) is 134 cm³/mol. The molecule has 3 aromatic heterocycles. The van der Waals surface area contributed by atoms with Crippen molar-refractivity contribution >= 4 is 39.1 Å². The van der Waals surface area contributed by atoms with Gasteiger partial charge in [0.2, 0.25) is 0 Å². The zero-order valence-corrected chi connectivity index (χ0v) is 20.4. The number of Topliss-reactive ketones (excluding diaryl/α,β-unsaturated/α-hetero) is 1. The summed E-state index contributed by atoms with van der Waals surface area (Å²) in [6.45, 7) is 12.6. The van der Waals surface area contributed by atoms with E-state index in [0.29, 0.717) is 18.2 Å². The molecule has 5 nitrogen and oxygen atoms in total. The molecule has 0 saturated heterocycles. The molecule has 4 rings (SSSR count). The van der Waals surface area contributed by atoms with Gasteiger partial charge in [-0.2, -0.15) is 0 Å². The number of hydrogen-bond acceptors (Lipinski definition) is 5. The molecule has 0 amide bonds. The van der Waals surface area contributed by atoms with Crippen LogP contribution in [-0.4, -0.2) is 25.7 Å². The lowest BCUT2D eigenvalue weighted by Crippen LogP contribution is -2.23. The Morgan fingerprint density at radius 3 is 2.62 bits per heavy atom. The Morgan fingerprint density at radius 2 is 1.88 bits per heavy atom. The zero-order chi connectivity index (χ0) is 22.8. The highest BCUT2D eigenvalue weighted by atomic mass is 32.2. The van der Waals surface area contributed by atoms with Gasteiger partial charge in [0.05, 0.1) is 11.1 Å². The van der Waals surface area contributed by atoms with E-state index in [1.807, 2.05) is 26.0 Å². The van der Waals surface area contributed by atoms with Crippen LogP contribution in [0.4, 0.5) is 0 Å². The summed E-state index contributed by atoms with van der Waals surface area (Å²) in [5.74, 6) is 0.276. The van der Waals surface area contributed by atoms with Crippen LogP contribution in [0.2, 0.25) is 0 Å². The van der Waals surface area contributed by atoms with Crippen molar-refractivity contribution < 1.29 is 4.79 Å². The molecule has 3 aromatic rings. The van der Waals surface area contributed by atoms with E-state index in [2.05, 4.69) is 17.7 Å². The summed E-state index contributed by atoms with van der Waals surface area (Å²) in [7, 11) is 0. The standard InChI is InChI=1S/C25H29N3O2S2/c1-5-12-27-16(3)14-19(17(27)4)20(29)15-31-25-26-23-22(24(30)28(25)13-6-2)18-10-8-7-9-11-21(18)32-23/h5-6,14H,1-2,7-13,15H2,3-4H3. The van der Waals surface area contributed by atoms with Gasteiger partial charge in [-0.15, -0.1) is 24.5 Å². The van der Waals surface area contributed by atoms with Gasteiger partial charge in [-0.3, -0.25) is 14.2 Å². The lowest BCUT2D eigenvalue weighted by atomic mass is 10.1. The predicted octanol–water partition coefficient (Wildman–Crippen LogP) is 5.49. The molecular formula is C25H29N3O2S2. The van der Waals surface area contributed by atoms with Crippen molar-refractivity contribution in [3.05, 3.63) is 69.1 Å². The van der Waals surface area contributed by atoms with E-state index in [0.717, 1.165) is 46.4 Å². The first-order valence-corrected chi connectivity index (χ1v) is 12.9. The topological polar surface area (TPSA) is 56.9 Å². The van der Waals surface area contributed by atoms with E-state index in [1.165, 1.54) is 35.0 Å². The third-order valence-electron chi connectivity index (χ3n) is 6.12. The number of carbonyl (C=O) groups is 1. The Morgan fingerprint density at radius 1 is 1.16 bits per heavy atom. The number of allylic oxidation sites excluding steroid dienone is 2. The first kappa shape index (κ1) is 22.8. The second-order valence-electron chi connectivity index (χ2n) is 8.24. The molecule has 0 aliphatic heterocycles. The summed E-state index contributed by atoms with van der Waals surface area (Å²) in [4.78, 5) is 33.4. The van der Waals surface area contributed by atoms with Gasteiger partial charge in [0.1, 0.15) is 4.83 Å². The summed E-state index contributed by atoms with van der Waals surface area (Å²) >= 11 is 2.99. The summed E-state index contributed by atoms with van der Waals surface area (Å²) in [5, 5.41) is 1.37. The Balaban J connectivity index is 1.67. The first-order valence-electron chi connectivity index (χ1n) is 11.1. The Kier molecular flexibility index (Phi) is 6.86. The molecule has 7 heteroatoms. The Labute approximate surface area is 196 Å². The van der Waals surface area contributed by atoms with Crippen LogP contribution in [0.5, 0.6) is 0 Å². The van der Waals surface area contributed by atoms with E-state index in [-0.39, 0.29) is 17.1 Å². The van der Waals surface area contributed by atoms with Gasteiger partial charge < -0.3 is 4.57 Å². The van der Waals surface area contributed by atoms with Crippen LogP contribution in [0.15, 0.2) is 41.3 Å². The molecule has 0 bridgehead atoms. The van der Waals surface area contributed by atoms with Crippen molar-refractivity contribution in [1.82, 2.24) is 14.1 Å². The molecule has 0 N–H and O–H groups in total. The van der Waals surface area contributed by atoms with Crippen LogP contribution in [0.3, 0.4) is 0 Å². The molecule has 168 valence electrons. The van der Waals surface area contributed by atoms with Gasteiger partial charge >= 0.3 is 0 Å². The molecule has 32 heavy (non-hydrogen) atoms. The molecule has 0 fully saturated rings. The fraction of sp³-hybridized carbons (Fsp3) is 0.400. The third kappa shape index (κ3) is 4.16. The maximum atomic E-state index is 13.4. The molecule has 1 aliphatic carbocycles. The molecule has 0 radical (unpaired) electrons. The second-order valence-corrected chi connectivity index (χ2v) is 10.3. The summed E-state index contributed by atoms with van der Waals surface area (Å²) in [5.41, 5.74) is 3.90. The molecule has 0 aromatic carbocycles. The van der Waals surface area contributed by atoms with E-state index >= 15 is 0 Å². The van der Waals surface area contributed by atoms with E-state index in [9.17, 15) is 9.59 Å². The number of fused-ring (bicyclic) bond motifs is 3. The van der Waals surface area contributed by atoms with Crippen molar-refractivity contribution in [1.29, 1.82) is 0 Å². The first-order chi connectivity index (χ1) is 15.5.